The Morgan fingerprint density at radius 1 is 1.47 bits per heavy atom. The van der Waals surface area contributed by atoms with Crippen LogP contribution in [0.5, 0.6) is 0 Å². The van der Waals surface area contributed by atoms with E-state index in [1.54, 1.807) is 0 Å². The lowest BCUT2D eigenvalue weighted by atomic mass is 10.1. The van der Waals surface area contributed by atoms with Gasteiger partial charge in [0.2, 0.25) is 0 Å². The molecule has 2 N–H and O–H groups in total. The van der Waals surface area contributed by atoms with Crippen LogP contribution in [-0.4, -0.2) is 47.0 Å². The lowest BCUT2D eigenvalue weighted by Crippen LogP contribution is -2.42. The highest BCUT2D eigenvalue weighted by molar-refractivity contribution is 14.0. The Labute approximate surface area is 136 Å². The summed E-state index contributed by atoms with van der Waals surface area (Å²) in [5.74, 6) is 3.00. The number of halogens is 1. The Hall–Kier alpha value is -0.500. The number of nitrogens with zero attached hydrogens (tertiary/aromatic N) is 3. The first kappa shape index (κ1) is 16.6. The zero-order chi connectivity index (χ0) is 12.8. The van der Waals surface area contributed by atoms with Crippen LogP contribution >= 0.6 is 35.7 Å². The maximum atomic E-state index is 6.00. The molecular formula is C13H21IN4S. The van der Waals surface area contributed by atoms with E-state index in [9.17, 15) is 0 Å². The summed E-state index contributed by atoms with van der Waals surface area (Å²) in [5.41, 5.74) is 8.53. The van der Waals surface area contributed by atoms with E-state index in [2.05, 4.69) is 27.9 Å². The molecule has 1 aromatic heterocycles. The minimum Gasteiger partial charge on any atom is -0.370 e. The summed E-state index contributed by atoms with van der Waals surface area (Å²) in [6, 6.07) is 2.05. The summed E-state index contributed by atoms with van der Waals surface area (Å²) < 4.78 is 0. The molecule has 19 heavy (non-hydrogen) atoms. The Bertz CT molecular complexity index is 419. The van der Waals surface area contributed by atoms with Crippen molar-refractivity contribution in [2.24, 2.45) is 10.7 Å². The highest BCUT2D eigenvalue weighted by Crippen LogP contribution is 2.09. The fourth-order valence-corrected chi connectivity index (χ4v) is 2.87. The minimum atomic E-state index is 0. The molecule has 0 spiro atoms. The van der Waals surface area contributed by atoms with Gasteiger partial charge in [-0.25, -0.2) is 0 Å². The van der Waals surface area contributed by atoms with Gasteiger partial charge in [0.1, 0.15) is 0 Å². The second kappa shape index (κ2) is 8.63. The molecule has 0 aromatic carbocycles. The molecule has 1 aliphatic heterocycles. The molecule has 0 saturated carbocycles. The number of aryl methyl sites for hydroxylation is 1. The summed E-state index contributed by atoms with van der Waals surface area (Å²) in [4.78, 5) is 10.7. The summed E-state index contributed by atoms with van der Waals surface area (Å²) in [6.45, 7) is 4.88. The molecule has 0 atom stereocenters. The van der Waals surface area contributed by atoms with Gasteiger partial charge in [-0.1, -0.05) is 0 Å². The molecule has 1 aliphatic rings. The normalized spacial score (nSPS) is 16.1. The van der Waals surface area contributed by atoms with Crippen molar-refractivity contribution in [3.05, 3.63) is 29.6 Å². The van der Waals surface area contributed by atoms with Gasteiger partial charge in [0, 0.05) is 43.5 Å². The number of hydrogen-bond acceptors (Lipinski definition) is 3. The van der Waals surface area contributed by atoms with E-state index >= 15 is 0 Å². The van der Waals surface area contributed by atoms with Crippen LogP contribution in [0.15, 0.2) is 23.5 Å². The molecule has 0 radical (unpaired) electrons. The van der Waals surface area contributed by atoms with Gasteiger partial charge in [-0.2, -0.15) is 11.8 Å². The van der Waals surface area contributed by atoms with E-state index in [1.165, 1.54) is 11.1 Å². The molecule has 1 saturated heterocycles. The molecule has 4 nitrogen and oxygen atoms in total. The van der Waals surface area contributed by atoms with Crippen LogP contribution in [0.3, 0.4) is 0 Å². The molecule has 2 heterocycles. The van der Waals surface area contributed by atoms with Crippen LogP contribution in [0.4, 0.5) is 0 Å². The molecular weight excluding hydrogens is 371 g/mol. The molecule has 6 heteroatoms. The lowest BCUT2D eigenvalue weighted by Gasteiger charge is -2.27. The molecule has 0 amide bonds. The predicted octanol–water partition coefficient (Wildman–Crippen LogP) is 1.91. The smallest absolute Gasteiger partial charge is 0.191 e. The number of rotatable bonds is 3. The van der Waals surface area contributed by atoms with Crippen LogP contribution in [0.25, 0.3) is 0 Å². The van der Waals surface area contributed by atoms with Crippen molar-refractivity contribution in [3.63, 3.8) is 0 Å². The summed E-state index contributed by atoms with van der Waals surface area (Å²) in [7, 11) is 0. The average Bonchev–Trinajstić information content (AvgIpc) is 2.42. The molecule has 2 rings (SSSR count). The zero-order valence-electron chi connectivity index (χ0n) is 11.2. The highest BCUT2D eigenvalue weighted by atomic mass is 127. The maximum absolute atomic E-state index is 6.00. The van der Waals surface area contributed by atoms with Gasteiger partial charge in [-0.15, -0.1) is 24.0 Å². The molecule has 0 aliphatic carbocycles. The number of pyridine rings is 1. The van der Waals surface area contributed by atoms with Gasteiger partial charge in [0.05, 0.1) is 0 Å². The molecule has 1 fully saturated rings. The van der Waals surface area contributed by atoms with Crippen LogP contribution in [0.1, 0.15) is 11.1 Å². The van der Waals surface area contributed by atoms with E-state index in [0.29, 0.717) is 5.96 Å². The summed E-state index contributed by atoms with van der Waals surface area (Å²) in [6.07, 6.45) is 4.65. The van der Waals surface area contributed by atoms with E-state index < -0.39 is 0 Å². The Morgan fingerprint density at radius 2 is 2.21 bits per heavy atom. The predicted molar refractivity (Wildman–Crippen MR) is 93.5 cm³/mol. The van der Waals surface area contributed by atoms with Crippen molar-refractivity contribution in [2.45, 2.75) is 13.3 Å². The van der Waals surface area contributed by atoms with Crippen molar-refractivity contribution < 1.29 is 0 Å². The van der Waals surface area contributed by atoms with Crippen LogP contribution < -0.4 is 5.73 Å². The van der Waals surface area contributed by atoms with E-state index in [1.807, 2.05) is 24.2 Å². The standard InChI is InChI=1S/C13H20N4S.HI/c1-11-10-15-4-2-12(11)3-5-16-13(14)17-6-8-18-9-7-17;/h2,4,10H,3,5-9H2,1H3,(H2,14,16);1H. The van der Waals surface area contributed by atoms with Crippen LogP contribution in [-0.2, 0) is 6.42 Å². The number of guanidine groups is 1. The molecule has 0 unspecified atom stereocenters. The monoisotopic (exact) mass is 392 g/mol. The van der Waals surface area contributed by atoms with Gasteiger partial charge in [0.15, 0.2) is 5.96 Å². The van der Waals surface area contributed by atoms with Gasteiger partial charge >= 0.3 is 0 Å². The molecule has 1 aromatic rings. The third-order valence-corrected chi connectivity index (χ3v) is 4.07. The van der Waals surface area contributed by atoms with Crippen molar-refractivity contribution in [2.75, 3.05) is 31.1 Å². The van der Waals surface area contributed by atoms with Gasteiger partial charge in [-0.3, -0.25) is 9.98 Å². The number of thioether (sulfide) groups is 1. The van der Waals surface area contributed by atoms with Gasteiger partial charge < -0.3 is 10.6 Å². The lowest BCUT2D eigenvalue weighted by molar-refractivity contribution is 0.456. The van der Waals surface area contributed by atoms with Crippen LogP contribution in [0.2, 0.25) is 0 Å². The first-order chi connectivity index (χ1) is 8.77. The van der Waals surface area contributed by atoms with Crippen LogP contribution in [0, 0.1) is 6.92 Å². The SMILES string of the molecule is Cc1cnccc1CCN=C(N)N1CCSCC1.I. The summed E-state index contributed by atoms with van der Waals surface area (Å²) >= 11 is 1.98. The number of aliphatic imine (C=N–C) groups is 1. The third-order valence-electron chi connectivity index (χ3n) is 3.13. The fraction of sp³-hybridized carbons (Fsp3) is 0.538. The van der Waals surface area contributed by atoms with Crippen molar-refractivity contribution >= 4 is 41.7 Å². The fourth-order valence-electron chi connectivity index (χ4n) is 1.97. The topological polar surface area (TPSA) is 54.5 Å². The number of nitrogens with two attached hydrogens (primary N) is 1. The highest BCUT2D eigenvalue weighted by Gasteiger charge is 2.11. The maximum Gasteiger partial charge on any atom is 0.191 e. The van der Waals surface area contributed by atoms with E-state index in [0.717, 1.165) is 37.6 Å². The Balaban J connectivity index is 0.00000180. The van der Waals surface area contributed by atoms with Gasteiger partial charge in [0.25, 0.3) is 0 Å². The quantitative estimate of drug-likeness (QED) is 0.485. The van der Waals surface area contributed by atoms with Crippen molar-refractivity contribution in [1.29, 1.82) is 0 Å². The number of aromatic nitrogens is 1. The zero-order valence-corrected chi connectivity index (χ0v) is 14.4. The minimum absolute atomic E-state index is 0. The Morgan fingerprint density at radius 3 is 2.89 bits per heavy atom. The number of hydrogen-bond donors (Lipinski definition) is 1. The van der Waals surface area contributed by atoms with E-state index in [-0.39, 0.29) is 24.0 Å². The van der Waals surface area contributed by atoms with E-state index in [4.69, 9.17) is 5.73 Å². The largest absolute Gasteiger partial charge is 0.370 e. The first-order valence-electron chi connectivity index (χ1n) is 6.29. The molecule has 0 bridgehead atoms. The third kappa shape index (κ3) is 5.18. The second-order valence-corrected chi connectivity index (χ2v) is 5.62. The first-order valence-corrected chi connectivity index (χ1v) is 7.45. The second-order valence-electron chi connectivity index (χ2n) is 4.39. The van der Waals surface area contributed by atoms with Crippen molar-refractivity contribution in [3.8, 4) is 0 Å². The summed E-state index contributed by atoms with van der Waals surface area (Å²) in [5, 5.41) is 0. The average molecular weight is 392 g/mol. The van der Waals surface area contributed by atoms with Gasteiger partial charge in [-0.05, 0) is 30.5 Å². The van der Waals surface area contributed by atoms with Crippen molar-refractivity contribution in [1.82, 2.24) is 9.88 Å². The molecule has 106 valence electrons. The Kier molecular flexibility index (Phi) is 7.52.